The van der Waals surface area contributed by atoms with Gasteiger partial charge in [-0.05, 0) is 105 Å². The molecule has 11 heteroatoms. The number of hydrogen-bond donors (Lipinski definition) is 2. The van der Waals surface area contributed by atoms with E-state index in [0.717, 1.165) is 55.9 Å². The van der Waals surface area contributed by atoms with Crippen LogP contribution in [0, 0.1) is 29.6 Å². The van der Waals surface area contributed by atoms with Gasteiger partial charge >= 0.3 is 0 Å². The van der Waals surface area contributed by atoms with Crippen molar-refractivity contribution in [2.45, 2.75) is 68.6 Å². The van der Waals surface area contributed by atoms with E-state index in [1.165, 1.54) is 11.1 Å². The van der Waals surface area contributed by atoms with Crippen molar-refractivity contribution < 1.29 is 27.8 Å². The van der Waals surface area contributed by atoms with Crippen LogP contribution in [0.5, 0.6) is 5.75 Å². The second kappa shape index (κ2) is 14.2. The minimum absolute atomic E-state index is 0.118. The van der Waals surface area contributed by atoms with Crippen LogP contribution in [0.4, 0.5) is 5.69 Å². The van der Waals surface area contributed by atoms with E-state index >= 15 is 0 Å². The van der Waals surface area contributed by atoms with Crippen LogP contribution in [0.25, 0.3) is 0 Å². The predicted octanol–water partition coefficient (Wildman–Crippen LogP) is 4.95. The summed E-state index contributed by atoms with van der Waals surface area (Å²) >= 11 is 6.45. The summed E-state index contributed by atoms with van der Waals surface area (Å²) in [5.74, 6) is 6.27. The molecule has 50 heavy (non-hydrogen) atoms. The van der Waals surface area contributed by atoms with E-state index in [9.17, 15) is 18.3 Å². The summed E-state index contributed by atoms with van der Waals surface area (Å²) in [5, 5.41) is 12.3. The van der Waals surface area contributed by atoms with Crippen molar-refractivity contribution in [2.75, 3.05) is 57.4 Å². The second-order valence-corrected chi connectivity index (χ2v) is 17.5. The summed E-state index contributed by atoms with van der Waals surface area (Å²) in [6.07, 6.45) is 8.73. The zero-order valence-corrected chi connectivity index (χ0v) is 30.6. The molecule has 2 N–H and O–H groups in total. The summed E-state index contributed by atoms with van der Waals surface area (Å²) in [7, 11) is -4.00. The highest BCUT2D eigenvalue weighted by Gasteiger charge is 2.48. The van der Waals surface area contributed by atoms with E-state index < -0.39 is 26.8 Å². The van der Waals surface area contributed by atoms with Crippen LogP contribution in [0.1, 0.15) is 67.4 Å². The lowest BCUT2D eigenvalue weighted by Crippen LogP contribution is -2.52. The Bertz CT molecular complexity index is 1820. The van der Waals surface area contributed by atoms with Crippen LogP contribution in [0.2, 0.25) is 5.02 Å². The Balaban J connectivity index is 1.29. The third-order valence-corrected chi connectivity index (χ3v) is 14.0. The Morgan fingerprint density at radius 2 is 1.94 bits per heavy atom. The zero-order chi connectivity index (χ0) is 35.1. The number of ether oxygens (including phenoxy) is 2. The number of carbonyl (C=O) groups is 1. The number of halogens is 1. The molecule has 7 rings (SSSR count). The number of amides is 1. The molecule has 2 aromatic rings. The highest BCUT2D eigenvalue weighted by molar-refractivity contribution is 7.90. The van der Waals surface area contributed by atoms with Crippen molar-refractivity contribution >= 4 is 33.2 Å². The summed E-state index contributed by atoms with van der Waals surface area (Å²) in [6, 6.07) is 11.4. The lowest BCUT2D eigenvalue weighted by Gasteiger charge is -2.47. The van der Waals surface area contributed by atoms with Gasteiger partial charge in [0.25, 0.3) is 5.91 Å². The molecule has 1 saturated carbocycles. The van der Waals surface area contributed by atoms with E-state index in [2.05, 4.69) is 38.5 Å². The number of nitrogens with zero attached hydrogens (tertiary/aromatic N) is 2. The molecule has 1 spiro atoms. The molecule has 268 valence electrons. The highest BCUT2D eigenvalue weighted by atomic mass is 35.5. The Hall–Kier alpha value is -3.07. The summed E-state index contributed by atoms with van der Waals surface area (Å²) in [5.41, 5.74) is 1.79. The van der Waals surface area contributed by atoms with Crippen LogP contribution < -0.4 is 14.4 Å². The molecule has 0 aromatic heterocycles. The van der Waals surface area contributed by atoms with Crippen molar-refractivity contribution in [3.05, 3.63) is 70.3 Å². The van der Waals surface area contributed by atoms with Crippen molar-refractivity contribution in [3.63, 3.8) is 0 Å². The van der Waals surface area contributed by atoms with Gasteiger partial charge in [0, 0.05) is 48.1 Å². The number of nitrogens with one attached hydrogen (secondary N) is 1. The molecule has 1 saturated heterocycles. The Labute approximate surface area is 301 Å². The molecule has 2 fully saturated rings. The van der Waals surface area contributed by atoms with Crippen LogP contribution >= 0.6 is 11.6 Å². The van der Waals surface area contributed by atoms with Gasteiger partial charge in [0.2, 0.25) is 10.0 Å². The number of benzene rings is 2. The minimum atomic E-state index is -4.00. The average molecular weight is 722 g/mol. The second-order valence-electron chi connectivity index (χ2n) is 15.0. The number of carbonyl (C=O) groups excluding carboxylic acids is 1. The number of hydrogen-bond acceptors (Lipinski definition) is 8. The Morgan fingerprint density at radius 3 is 2.72 bits per heavy atom. The number of fused-ring (bicyclic) bond motifs is 4. The smallest absolute Gasteiger partial charge is 0.264 e. The van der Waals surface area contributed by atoms with Crippen molar-refractivity contribution in [3.8, 4) is 17.6 Å². The van der Waals surface area contributed by atoms with Gasteiger partial charge in [-0.25, -0.2) is 13.1 Å². The SMILES string of the molecule is C[C@@H]1[C@@H](C)C/C=C/[C@](O)(C#CCN2CCOCC2)[C@@H]2CC[C@H]2CN2C[C@@]3(CCCc4cc(Cl)ccc43)COc3ccc(cc32)C(=O)NS1(=O)=O. The van der Waals surface area contributed by atoms with Crippen LogP contribution in [-0.2, 0) is 26.6 Å². The molecule has 3 heterocycles. The molecule has 2 aliphatic carbocycles. The van der Waals surface area contributed by atoms with E-state index in [4.69, 9.17) is 21.1 Å². The van der Waals surface area contributed by atoms with Crippen LogP contribution in [0.3, 0.4) is 0 Å². The molecule has 5 aliphatic rings. The largest absolute Gasteiger partial charge is 0.490 e. The fourth-order valence-corrected chi connectivity index (χ4v) is 9.94. The molecule has 6 atom stereocenters. The standard InChI is InChI=1S/C39H48ClN3O6S/c1-27-6-3-15-39(45,16-5-17-42-18-20-48-21-19-42)34-11-8-31(34)24-43-25-38(14-4-7-29-22-32(40)10-12-33(29)38)26-49-36-13-9-30(23-35(36)43)37(44)41-50(46,47)28(27)2/h3,9-10,12-13,15,22-23,27-28,31,34,45H,4,6-8,11,14,17-21,24-26H2,1-2H3,(H,41,44)/b15-3+/t27-,28+,31-,34+,38-,39-/m0/s1. The van der Waals surface area contributed by atoms with Crippen molar-refractivity contribution in [2.24, 2.45) is 17.8 Å². The molecular formula is C39H48ClN3O6S. The minimum Gasteiger partial charge on any atom is -0.490 e. The average Bonchev–Trinajstić information content (AvgIpc) is 3.22. The summed E-state index contributed by atoms with van der Waals surface area (Å²) in [6.45, 7) is 8.74. The van der Waals surface area contributed by atoms with Gasteiger partial charge in [0.1, 0.15) is 11.4 Å². The zero-order valence-electron chi connectivity index (χ0n) is 29.0. The molecule has 3 aliphatic heterocycles. The van der Waals surface area contributed by atoms with E-state index in [1.807, 2.05) is 19.1 Å². The maximum Gasteiger partial charge on any atom is 0.264 e. The van der Waals surface area contributed by atoms with Gasteiger partial charge in [-0.2, -0.15) is 0 Å². The topological polar surface area (TPSA) is 108 Å². The Kier molecular flexibility index (Phi) is 10.0. The van der Waals surface area contributed by atoms with Gasteiger partial charge in [-0.15, -0.1) is 0 Å². The number of sulfonamides is 1. The number of morpholine rings is 1. The molecular weight excluding hydrogens is 674 g/mol. The van der Waals surface area contributed by atoms with Gasteiger partial charge in [-0.3, -0.25) is 9.69 Å². The maximum absolute atomic E-state index is 13.5. The fraction of sp³-hybridized carbons (Fsp3) is 0.564. The van der Waals surface area contributed by atoms with Crippen molar-refractivity contribution in [1.82, 2.24) is 9.62 Å². The Morgan fingerprint density at radius 1 is 1.12 bits per heavy atom. The number of allylic oxidation sites excluding steroid dienone is 1. The number of anilines is 1. The molecule has 9 nitrogen and oxygen atoms in total. The first-order valence-electron chi connectivity index (χ1n) is 18.0. The van der Waals surface area contributed by atoms with Gasteiger partial charge in [0.15, 0.2) is 0 Å². The quantitative estimate of drug-likeness (QED) is 0.315. The lowest BCUT2D eigenvalue weighted by molar-refractivity contribution is -0.00339. The third-order valence-electron chi connectivity index (χ3n) is 11.8. The lowest BCUT2D eigenvalue weighted by atomic mass is 9.64. The monoisotopic (exact) mass is 721 g/mol. The fourth-order valence-electron chi connectivity index (χ4n) is 8.46. The van der Waals surface area contributed by atoms with Gasteiger partial charge in [-0.1, -0.05) is 42.5 Å². The normalized spacial score (nSPS) is 33.3. The van der Waals surface area contributed by atoms with Gasteiger partial charge < -0.3 is 19.5 Å². The third kappa shape index (κ3) is 7.05. The highest BCUT2D eigenvalue weighted by Crippen LogP contribution is 2.48. The predicted molar refractivity (Wildman–Crippen MR) is 195 cm³/mol. The first-order chi connectivity index (χ1) is 24.0. The van der Waals surface area contributed by atoms with Gasteiger partial charge in [0.05, 0.1) is 37.3 Å². The molecule has 0 unspecified atom stereocenters. The maximum atomic E-state index is 13.5. The van der Waals surface area contributed by atoms with E-state index in [0.29, 0.717) is 51.6 Å². The molecule has 2 bridgehead atoms. The van der Waals surface area contributed by atoms with E-state index in [-0.39, 0.29) is 28.7 Å². The summed E-state index contributed by atoms with van der Waals surface area (Å²) < 4.78 is 41.3. The molecule has 0 radical (unpaired) electrons. The number of rotatable bonds is 1. The van der Waals surface area contributed by atoms with Crippen molar-refractivity contribution in [1.29, 1.82) is 0 Å². The molecule has 1 amide bonds. The first kappa shape index (κ1) is 35.3. The van der Waals surface area contributed by atoms with Crippen LogP contribution in [0.15, 0.2) is 48.6 Å². The summed E-state index contributed by atoms with van der Waals surface area (Å²) in [4.78, 5) is 18.1. The number of aryl methyl sites for hydroxylation is 1. The first-order valence-corrected chi connectivity index (χ1v) is 20.0. The number of aliphatic hydroxyl groups is 1. The van der Waals surface area contributed by atoms with Crippen LogP contribution in [-0.4, -0.2) is 87.7 Å². The van der Waals surface area contributed by atoms with E-state index in [1.54, 1.807) is 31.2 Å². The molecule has 2 aromatic carbocycles.